The molecule has 0 atom stereocenters. The van der Waals surface area contributed by atoms with Crippen LogP contribution >= 0.6 is 24.0 Å². The molecule has 0 bridgehead atoms. The Balaban J connectivity index is 0.00000529. The minimum absolute atomic E-state index is 0. The number of guanidine groups is 1. The Morgan fingerprint density at radius 2 is 2.08 bits per heavy atom. The second kappa shape index (κ2) is 12.1. The third-order valence-corrected chi connectivity index (χ3v) is 2.61. The van der Waals surface area contributed by atoms with Crippen LogP contribution < -0.4 is 15.4 Å². The Kier molecular flexibility index (Phi) is 11.5. The molecule has 2 N–H and O–H groups in total. The molecule has 0 saturated heterocycles. The molecule has 0 fully saturated rings. The van der Waals surface area contributed by atoms with E-state index in [1.807, 2.05) is 6.92 Å². The molecule has 0 aromatic carbocycles. The number of hydrogen-bond acceptors (Lipinski definition) is 4. The highest BCUT2D eigenvalue weighted by Gasteiger charge is 2.28. The fourth-order valence-electron chi connectivity index (χ4n) is 1.59. The molecule has 0 aliphatic heterocycles. The van der Waals surface area contributed by atoms with Crippen LogP contribution in [0.2, 0.25) is 0 Å². The lowest BCUT2D eigenvalue weighted by Crippen LogP contribution is -2.38. The van der Waals surface area contributed by atoms with E-state index in [4.69, 9.17) is 4.74 Å². The van der Waals surface area contributed by atoms with Crippen molar-refractivity contribution in [3.63, 3.8) is 0 Å². The zero-order valence-corrected chi connectivity index (χ0v) is 15.9. The Morgan fingerprint density at radius 1 is 1.33 bits per heavy atom. The SMILES string of the molecule is CCOCCNC(=NC)NCc1ccnc(OCC(F)(F)F)c1.I. The second-order valence-electron chi connectivity index (χ2n) is 4.46. The summed E-state index contributed by atoms with van der Waals surface area (Å²) in [5, 5.41) is 6.09. The fourth-order valence-corrected chi connectivity index (χ4v) is 1.59. The van der Waals surface area contributed by atoms with Crippen LogP contribution in [0.4, 0.5) is 13.2 Å². The first kappa shape index (κ1) is 22.7. The molecule has 24 heavy (non-hydrogen) atoms. The van der Waals surface area contributed by atoms with Gasteiger partial charge < -0.3 is 20.1 Å². The van der Waals surface area contributed by atoms with Crippen molar-refractivity contribution in [2.45, 2.75) is 19.6 Å². The summed E-state index contributed by atoms with van der Waals surface area (Å²) in [6, 6.07) is 3.13. The summed E-state index contributed by atoms with van der Waals surface area (Å²) in [7, 11) is 1.63. The topological polar surface area (TPSA) is 67.8 Å². The van der Waals surface area contributed by atoms with Crippen LogP contribution in [-0.2, 0) is 11.3 Å². The van der Waals surface area contributed by atoms with Crippen LogP contribution in [0.15, 0.2) is 23.3 Å². The molecular weight excluding hydrogens is 440 g/mol. The highest BCUT2D eigenvalue weighted by molar-refractivity contribution is 14.0. The van der Waals surface area contributed by atoms with E-state index in [9.17, 15) is 13.2 Å². The third-order valence-electron chi connectivity index (χ3n) is 2.61. The molecule has 0 amide bonds. The zero-order chi connectivity index (χ0) is 17.1. The van der Waals surface area contributed by atoms with E-state index < -0.39 is 12.8 Å². The molecule has 0 aliphatic rings. The molecule has 0 unspecified atom stereocenters. The lowest BCUT2D eigenvalue weighted by atomic mass is 10.2. The molecule has 10 heteroatoms. The maximum absolute atomic E-state index is 12.1. The van der Waals surface area contributed by atoms with Crippen molar-refractivity contribution in [1.82, 2.24) is 15.6 Å². The fraction of sp³-hybridized carbons (Fsp3) is 0.571. The summed E-state index contributed by atoms with van der Waals surface area (Å²) in [5.41, 5.74) is 0.727. The second-order valence-corrected chi connectivity index (χ2v) is 4.46. The largest absolute Gasteiger partial charge is 0.468 e. The number of pyridine rings is 1. The highest BCUT2D eigenvalue weighted by atomic mass is 127. The number of aromatic nitrogens is 1. The summed E-state index contributed by atoms with van der Waals surface area (Å²) >= 11 is 0. The molecule has 1 rings (SSSR count). The molecule has 138 valence electrons. The number of ether oxygens (including phenoxy) is 2. The van der Waals surface area contributed by atoms with Gasteiger partial charge in [0.15, 0.2) is 12.6 Å². The molecule has 0 saturated carbocycles. The summed E-state index contributed by atoms with van der Waals surface area (Å²) in [4.78, 5) is 7.78. The van der Waals surface area contributed by atoms with Crippen molar-refractivity contribution >= 4 is 29.9 Å². The number of aliphatic imine (C=N–C) groups is 1. The average molecular weight is 462 g/mol. The molecule has 0 radical (unpaired) electrons. The van der Waals surface area contributed by atoms with Gasteiger partial charge in [-0.3, -0.25) is 4.99 Å². The Hall–Kier alpha value is -1.30. The summed E-state index contributed by atoms with van der Waals surface area (Å²) in [6.07, 6.45) is -2.99. The predicted molar refractivity (Wildman–Crippen MR) is 95.9 cm³/mol. The first-order valence-corrected chi connectivity index (χ1v) is 7.11. The molecule has 0 spiro atoms. The molecule has 1 aromatic rings. The van der Waals surface area contributed by atoms with Gasteiger partial charge in [-0.15, -0.1) is 24.0 Å². The van der Waals surface area contributed by atoms with Crippen LogP contribution in [0.3, 0.4) is 0 Å². The minimum Gasteiger partial charge on any atom is -0.468 e. The van der Waals surface area contributed by atoms with Crippen LogP contribution in [0, 0.1) is 0 Å². The number of nitrogens with zero attached hydrogens (tertiary/aromatic N) is 2. The number of nitrogens with one attached hydrogen (secondary N) is 2. The quantitative estimate of drug-likeness (QED) is 0.269. The van der Waals surface area contributed by atoms with Gasteiger partial charge in [-0.2, -0.15) is 13.2 Å². The van der Waals surface area contributed by atoms with Crippen molar-refractivity contribution in [3.05, 3.63) is 23.9 Å². The van der Waals surface area contributed by atoms with Crippen LogP contribution in [0.5, 0.6) is 5.88 Å². The molecule has 1 heterocycles. The van der Waals surface area contributed by atoms with E-state index in [0.717, 1.165) is 5.56 Å². The van der Waals surface area contributed by atoms with Crippen molar-refractivity contribution < 1.29 is 22.6 Å². The summed E-state index contributed by atoms with van der Waals surface area (Å²) in [5.74, 6) is 0.500. The van der Waals surface area contributed by atoms with Gasteiger partial charge in [0.05, 0.1) is 6.61 Å². The number of alkyl halides is 3. The summed E-state index contributed by atoms with van der Waals surface area (Å²) < 4.78 is 46.2. The van der Waals surface area contributed by atoms with E-state index >= 15 is 0 Å². The first-order chi connectivity index (χ1) is 10.9. The van der Waals surface area contributed by atoms with Crippen molar-refractivity contribution in [1.29, 1.82) is 0 Å². The van der Waals surface area contributed by atoms with Gasteiger partial charge in [-0.1, -0.05) is 0 Å². The summed E-state index contributed by atoms with van der Waals surface area (Å²) in [6.45, 7) is 2.73. The van der Waals surface area contributed by atoms with Gasteiger partial charge in [-0.05, 0) is 18.6 Å². The highest BCUT2D eigenvalue weighted by Crippen LogP contribution is 2.17. The smallest absolute Gasteiger partial charge is 0.422 e. The van der Waals surface area contributed by atoms with Gasteiger partial charge in [0.25, 0.3) is 0 Å². The molecule has 1 aromatic heterocycles. The number of hydrogen-bond donors (Lipinski definition) is 2. The number of rotatable bonds is 8. The maximum Gasteiger partial charge on any atom is 0.422 e. The monoisotopic (exact) mass is 462 g/mol. The predicted octanol–water partition coefficient (Wildman–Crippen LogP) is 2.34. The van der Waals surface area contributed by atoms with Gasteiger partial charge in [0.1, 0.15) is 0 Å². The molecule has 6 nitrogen and oxygen atoms in total. The van der Waals surface area contributed by atoms with E-state index in [-0.39, 0.29) is 29.9 Å². The Morgan fingerprint density at radius 3 is 2.71 bits per heavy atom. The van der Waals surface area contributed by atoms with Crippen molar-refractivity contribution in [3.8, 4) is 5.88 Å². The van der Waals surface area contributed by atoms with Crippen molar-refractivity contribution in [2.75, 3.05) is 33.4 Å². The normalized spacial score (nSPS) is 11.6. The van der Waals surface area contributed by atoms with Crippen LogP contribution in [0.1, 0.15) is 12.5 Å². The Labute approximate surface area is 156 Å². The zero-order valence-electron chi connectivity index (χ0n) is 13.5. The Bertz CT molecular complexity index is 501. The van der Waals surface area contributed by atoms with E-state index in [0.29, 0.717) is 32.3 Å². The lowest BCUT2D eigenvalue weighted by molar-refractivity contribution is -0.154. The van der Waals surface area contributed by atoms with Crippen molar-refractivity contribution in [2.24, 2.45) is 4.99 Å². The number of halogens is 4. The van der Waals surface area contributed by atoms with E-state index in [1.165, 1.54) is 12.3 Å². The maximum atomic E-state index is 12.1. The van der Waals surface area contributed by atoms with Gasteiger partial charge >= 0.3 is 6.18 Å². The van der Waals surface area contributed by atoms with Gasteiger partial charge in [0.2, 0.25) is 5.88 Å². The van der Waals surface area contributed by atoms with Gasteiger partial charge in [0, 0.05) is 39.0 Å². The minimum atomic E-state index is -4.39. The van der Waals surface area contributed by atoms with E-state index in [1.54, 1.807) is 13.1 Å². The lowest BCUT2D eigenvalue weighted by Gasteiger charge is -2.13. The van der Waals surface area contributed by atoms with Crippen LogP contribution in [-0.4, -0.2) is 50.5 Å². The van der Waals surface area contributed by atoms with Crippen LogP contribution in [0.25, 0.3) is 0 Å². The standard InChI is InChI=1S/C14H21F3N4O2.HI/c1-3-22-7-6-20-13(18-2)21-9-11-4-5-19-12(8-11)23-10-14(15,16)17;/h4-5,8H,3,6-7,9-10H2,1-2H3,(H2,18,20,21);1H. The van der Waals surface area contributed by atoms with E-state index in [2.05, 4.69) is 25.3 Å². The third kappa shape index (κ3) is 10.5. The first-order valence-electron chi connectivity index (χ1n) is 7.11. The van der Waals surface area contributed by atoms with Gasteiger partial charge in [-0.25, -0.2) is 4.98 Å². The average Bonchev–Trinajstić information content (AvgIpc) is 2.52. The molecule has 0 aliphatic carbocycles. The molecular formula is C14H22F3IN4O2.